The van der Waals surface area contributed by atoms with Gasteiger partial charge in [0.1, 0.15) is 6.61 Å². The molecule has 0 saturated carbocycles. The van der Waals surface area contributed by atoms with E-state index in [0.29, 0.717) is 56.6 Å². The molecule has 0 saturated heterocycles. The van der Waals surface area contributed by atoms with Crippen LogP contribution in [-0.2, 0) is 16.1 Å². The molecule has 0 radical (unpaired) electrons. The highest BCUT2D eigenvalue weighted by Crippen LogP contribution is 2.36. The van der Waals surface area contributed by atoms with Crippen LogP contribution < -0.4 is 29.1 Å². The van der Waals surface area contributed by atoms with Crippen molar-refractivity contribution in [1.82, 2.24) is 4.57 Å². The Bertz CT molecular complexity index is 1910. The van der Waals surface area contributed by atoms with E-state index in [2.05, 4.69) is 4.99 Å². The summed E-state index contributed by atoms with van der Waals surface area (Å²) in [6, 6.07) is 19.3. The van der Waals surface area contributed by atoms with E-state index in [1.54, 1.807) is 44.4 Å². The first kappa shape index (κ1) is 31.6. The first-order chi connectivity index (χ1) is 21.7. The molecule has 45 heavy (non-hydrogen) atoms. The number of methoxy groups -OCH3 is 1. The lowest BCUT2D eigenvalue weighted by molar-refractivity contribution is -0.140. The Hall–Kier alpha value is -4.83. The maximum Gasteiger partial charge on any atom is 0.338 e. The van der Waals surface area contributed by atoms with Gasteiger partial charge in [0.15, 0.2) is 27.8 Å². The molecule has 10 heteroatoms. The monoisotopic (exact) mass is 628 g/mol. The molecule has 3 aromatic carbocycles. The van der Waals surface area contributed by atoms with Crippen LogP contribution in [0.2, 0.25) is 0 Å². The maximum atomic E-state index is 14.1. The number of rotatable bonds is 11. The van der Waals surface area contributed by atoms with Crippen molar-refractivity contribution in [2.75, 3.05) is 20.3 Å². The number of carbonyl (C=O) groups excluding carboxylic acids is 1. The van der Waals surface area contributed by atoms with E-state index < -0.39 is 12.0 Å². The fourth-order valence-corrected chi connectivity index (χ4v) is 6.02. The zero-order valence-electron chi connectivity index (χ0n) is 25.9. The van der Waals surface area contributed by atoms with Gasteiger partial charge in [0.25, 0.3) is 5.56 Å². The van der Waals surface area contributed by atoms with Crippen LogP contribution in [0.1, 0.15) is 50.4 Å². The van der Waals surface area contributed by atoms with E-state index in [0.717, 1.165) is 5.56 Å². The summed E-state index contributed by atoms with van der Waals surface area (Å²) < 4.78 is 24.9. The highest BCUT2D eigenvalue weighted by atomic mass is 32.1. The number of phenolic OH excluding ortho intramolecular Hbond substituents is 1. The minimum Gasteiger partial charge on any atom is -0.504 e. The second-order valence-corrected chi connectivity index (χ2v) is 11.9. The second-order valence-electron chi connectivity index (χ2n) is 10.9. The van der Waals surface area contributed by atoms with Crippen LogP contribution in [0, 0.1) is 5.92 Å². The topological polar surface area (TPSA) is 109 Å². The number of nitrogens with zero attached hydrogens (tertiary/aromatic N) is 2. The van der Waals surface area contributed by atoms with Gasteiger partial charge in [-0.2, -0.15) is 0 Å². The van der Waals surface area contributed by atoms with Crippen LogP contribution in [0.4, 0.5) is 0 Å². The lowest BCUT2D eigenvalue weighted by Gasteiger charge is -2.25. The number of aromatic nitrogens is 1. The molecule has 0 spiro atoms. The van der Waals surface area contributed by atoms with Gasteiger partial charge in [0, 0.05) is 0 Å². The summed E-state index contributed by atoms with van der Waals surface area (Å²) in [5, 5.41) is 10.1. The third-order valence-electron chi connectivity index (χ3n) is 7.11. The van der Waals surface area contributed by atoms with E-state index in [1.165, 1.54) is 22.0 Å². The lowest BCUT2D eigenvalue weighted by Crippen LogP contribution is -2.40. The number of ether oxygens (including phenoxy) is 4. The van der Waals surface area contributed by atoms with Crippen molar-refractivity contribution in [2.45, 2.75) is 40.3 Å². The SMILES string of the molecule is CCOc1cc(/C=c2\sc3n(c2=O)C(c2ccc(OCc4ccccc4)c(OC)c2)C(C(=O)OCC(C)C)=C(C)N=3)ccc1O. The number of hydrogen-bond donors (Lipinski definition) is 1. The van der Waals surface area contributed by atoms with Crippen molar-refractivity contribution in [3.63, 3.8) is 0 Å². The molecule has 0 bridgehead atoms. The highest BCUT2D eigenvalue weighted by Gasteiger charge is 2.34. The Balaban J connectivity index is 1.61. The molecule has 234 valence electrons. The number of fused-ring (bicyclic) bond motifs is 1. The van der Waals surface area contributed by atoms with Gasteiger partial charge >= 0.3 is 5.97 Å². The molecule has 4 aromatic rings. The van der Waals surface area contributed by atoms with Gasteiger partial charge in [-0.3, -0.25) is 9.36 Å². The predicted octanol–water partition coefficient (Wildman–Crippen LogP) is 5.13. The molecular formula is C35H36N2O7S. The molecule has 0 aliphatic carbocycles. The first-order valence-corrected chi connectivity index (χ1v) is 15.5. The fourth-order valence-electron chi connectivity index (χ4n) is 4.97. The fraction of sp³-hybridized carbons (Fsp3) is 0.286. The summed E-state index contributed by atoms with van der Waals surface area (Å²) in [5.74, 6) is 0.919. The minimum absolute atomic E-state index is 0.0146. The highest BCUT2D eigenvalue weighted by molar-refractivity contribution is 7.07. The predicted molar refractivity (Wildman–Crippen MR) is 173 cm³/mol. The van der Waals surface area contributed by atoms with Crippen molar-refractivity contribution in [1.29, 1.82) is 0 Å². The van der Waals surface area contributed by atoms with E-state index in [4.69, 9.17) is 18.9 Å². The van der Waals surface area contributed by atoms with Gasteiger partial charge < -0.3 is 24.1 Å². The summed E-state index contributed by atoms with van der Waals surface area (Å²) in [6.07, 6.45) is 1.72. The zero-order chi connectivity index (χ0) is 32.1. The van der Waals surface area contributed by atoms with Gasteiger partial charge in [0.05, 0.1) is 42.2 Å². The smallest absolute Gasteiger partial charge is 0.338 e. The minimum atomic E-state index is -0.820. The average molecular weight is 629 g/mol. The third-order valence-corrected chi connectivity index (χ3v) is 8.09. The van der Waals surface area contributed by atoms with E-state index in [1.807, 2.05) is 57.2 Å². The van der Waals surface area contributed by atoms with Crippen LogP contribution >= 0.6 is 11.3 Å². The lowest BCUT2D eigenvalue weighted by atomic mass is 9.95. The van der Waals surface area contributed by atoms with Gasteiger partial charge in [0.2, 0.25) is 0 Å². The summed E-state index contributed by atoms with van der Waals surface area (Å²) in [6.45, 7) is 8.45. The van der Waals surface area contributed by atoms with Crippen molar-refractivity contribution in [3.05, 3.63) is 114 Å². The Morgan fingerprint density at radius 1 is 1.04 bits per heavy atom. The van der Waals surface area contributed by atoms with Crippen LogP contribution in [0.15, 0.2) is 87.8 Å². The number of phenols is 1. The average Bonchev–Trinajstić information content (AvgIpc) is 3.33. The molecule has 1 unspecified atom stereocenters. The van der Waals surface area contributed by atoms with Gasteiger partial charge in [-0.15, -0.1) is 0 Å². The van der Waals surface area contributed by atoms with Gasteiger partial charge in [-0.25, -0.2) is 9.79 Å². The van der Waals surface area contributed by atoms with Crippen LogP contribution in [-0.4, -0.2) is 36.0 Å². The number of esters is 1. The Labute approximate surface area is 265 Å². The molecule has 0 amide bonds. The molecule has 0 fully saturated rings. The van der Waals surface area contributed by atoms with Crippen LogP contribution in [0.3, 0.4) is 0 Å². The van der Waals surface area contributed by atoms with Gasteiger partial charge in [-0.05, 0) is 66.8 Å². The van der Waals surface area contributed by atoms with Crippen LogP contribution in [0.25, 0.3) is 6.08 Å². The molecular weight excluding hydrogens is 592 g/mol. The quantitative estimate of drug-likeness (QED) is 0.230. The Kier molecular flexibility index (Phi) is 9.73. The second kappa shape index (κ2) is 13.9. The Morgan fingerprint density at radius 2 is 1.82 bits per heavy atom. The standard InChI is InChI=1S/C35H36N2O7S/c1-6-42-28-16-24(12-14-26(28)38)17-30-33(39)37-32(31(22(4)36-35(37)45-30)34(40)44-19-21(2)3)25-13-15-27(29(18-25)41-5)43-20-23-10-8-7-9-11-23/h7-18,21,32,38H,6,19-20H2,1-5H3/b30-17-. The van der Waals surface area contributed by atoms with Crippen molar-refractivity contribution in [3.8, 4) is 23.0 Å². The van der Waals surface area contributed by atoms with E-state index >= 15 is 0 Å². The summed E-state index contributed by atoms with van der Waals surface area (Å²) in [7, 11) is 1.55. The zero-order valence-corrected chi connectivity index (χ0v) is 26.7. The molecule has 5 rings (SSSR count). The van der Waals surface area contributed by atoms with Crippen molar-refractivity contribution in [2.24, 2.45) is 10.9 Å². The molecule has 2 heterocycles. The molecule has 1 N–H and O–H groups in total. The normalized spacial score (nSPS) is 14.6. The number of hydrogen-bond acceptors (Lipinski definition) is 9. The van der Waals surface area contributed by atoms with Gasteiger partial charge in [-0.1, -0.05) is 67.6 Å². The third kappa shape index (κ3) is 6.96. The molecule has 1 aliphatic rings. The molecule has 9 nitrogen and oxygen atoms in total. The number of benzene rings is 3. The molecule has 1 atom stereocenters. The number of thiazole rings is 1. The summed E-state index contributed by atoms with van der Waals surface area (Å²) in [4.78, 5) is 32.8. The van der Waals surface area contributed by atoms with E-state index in [9.17, 15) is 14.7 Å². The maximum absolute atomic E-state index is 14.1. The summed E-state index contributed by atoms with van der Waals surface area (Å²) >= 11 is 1.22. The molecule has 1 aliphatic heterocycles. The number of aromatic hydroxyl groups is 1. The van der Waals surface area contributed by atoms with E-state index in [-0.39, 0.29) is 29.4 Å². The first-order valence-electron chi connectivity index (χ1n) is 14.7. The molecule has 1 aromatic heterocycles. The van der Waals surface area contributed by atoms with Crippen molar-refractivity contribution < 1.29 is 28.8 Å². The number of carbonyl (C=O) groups is 1. The van der Waals surface area contributed by atoms with Crippen LogP contribution in [0.5, 0.6) is 23.0 Å². The Morgan fingerprint density at radius 3 is 2.53 bits per heavy atom. The number of allylic oxidation sites excluding steroid dienone is 1. The summed E-state index contributed by atoms with van der Waals surface area (Å²) in [5.41, 5.74) is 2.74. The van der Waals surface area contributed by atoms with Crippen molar-refractivity contribution >= 4 is 23.4 Å². The largest absolute Gasteiger partial charge is 0.504 e.